The molecule has 0 saturated heterocycles. The molecule has 20 heavy (non-hydrogen) atoms. The van der Waals surface area contributed by atoms with E-state index in [1.54, 1.807) is 0 Å². The molecule has 0 rings (SSSR count). The van der Waals surface area contributed by atoms with Crippen LogP contribution >= 0.6 is 0 Å². The molecule has 0 aromatic heterocycles. The highest BCUT2D eigenvalue weighted by Gasteiger charge is 1.92. The lowest BCUT2D eigenvalue weighted by Crippen LogP contribution is -2.10. The standard InChI is InChI=1S/2C7H16O3/c2*1-7(2)10-6-5-9-4-3-8/h2*7-8H,3-6H2,1-2H3. The van der Waals surface area contributed by atoms with Gasteiger partial charge in [0.15, 0.2) is 0 Å². The van der Waals surface area contributed by atoms with Crippen LogP contribution in [0.1, 0.15) is 27.7 Å². The summed E-state index contributed by atoms with van der Waals surface area (Å²) in [6, 6.07) is 0. The Kier molecular flexibility index (Phi) is 20.7. The topological polar surface area (TPSA) is 77.4 Å². The van der Waals surface area contributed by atoms with E-state index in [0.29, 0.717) is 39.6 Å². The van der Waals surface area contributed by atoms with Crippen LogP contribution in [0.15, 0.2) is 0 Å². The highest BCUT2D eigenvalue weighted by atomic mass is 16.5. The molecule has 0 amide bonds. The van der Waals surface area contributed by atoms with Crippen LogP contribution in [0.2, 0.25) is 0 Å². The Morgan fingerprint density at radius 2 is 0.950 bits per heavy atom. The normalized spacial score (nSPS) is 10.8. The molecule has 0 aliphatic rings. The highest BCUT2D eigenvalue weighted by Crippen LogP contribution is 1.87. The summed E-state index contributed by atoms with van der Waals surface area (Å²) in [7, 11) is 0. The first-order valence-corrected chi connectivity index (χ1v) is 7.15. The van der Waals surface area contributed by atoms with E-state index in [1.165, 1.54) is 0 Å². The van der Waals surface area contributed by atoms with Crippen molar-refractivity contribution in [3.05, 3.63) is 0 Å². The Morgan fingerprint density at radius 3 is 1.20 bits per heavy atom. The molecule has 0 radical (unpaired) electrons. The minimum absolute atomic E-state index is 0.0850. The highest BCUT2D eigenvalue weighted by molar-refractivity contribution is 4.37. The van der Waals surface area contributed by atoms with E-state index in [-0.39, 0.29) is 25.4 Å². The summed E-state index contributed by atoms with van der Waals surface area (Å²) < 4.78 is 20.3. The lowest BCUT2D eigenvalue weighted by Gasteiger charge is -2.06. The fourth-order valence-corrected chi connectivity index (χ4v) is 1.02. The number of ether oxygens (including phenoxy) is 4. The Morgan fingerprint density at radius 1 is 0.600 bits per heavy atom. The molecule has 0 aromatic rings. The summed E-state index contributed by atoms with van der Waals surface area (Å²) in [5.41, 5.74) is 0. The Hall–Kier alpha value is -0.240. The molecular formula is C14H32O6. The quantitative estimate of drug-likeness (QED) is 0.520. The van der Waals surface area contributed by atoms with E-state index in [0.717, 1.165) is 0 Å². The van der Waals surface area contributed by atoms with E-state index in [4.69, 9.17) is 29.2 Å². The molecule has 0 heterocycles. The minimum atomic E-state index is 0.0850. The SMILES string of the molecule is CC(C)OCCOCCO.CC(C)OCCOCCO. The third kappa shape index (κ3) is 26.3. The molecule has 0 fully saturated rings. The van der Waals surface area contributed by atoms with Gasteiger partial charge in [0.2, 0.25) is 0 Å². The maximum Gasteiger partial charge on any atom is 0.0703 e. The van der Waals surface area contributed by atoms with Gasteiger partial charge in [-0.15, -0.1) is 0 Å². The van der Waals surface area contributed by atoms with E-state index < -0.39 is 0 Å². The summed E-state index contributed by atoms with van der Waals surface area (Å²) in [6.45, 7) is 11.2. The zero-order valence-corrected chi connectivity index (χ0v) is 13.3. The van der Waals surface area contributed by atoms with Crippen molar-refractivity contribution in [2.24, 2.45) is 0 Å². The van der Waals surface area contributed by atoms with Crippen LogP contribution in [-0.4, -0.2) is 75.3 Å². The molecule has 124 valence electrons. The number of rotatable bonds is 12. The summed E-state index contributed by atoms with van der Waals surface area (Å²) in [4.78, 5) is 0. The van der Waals surface area contributed by atoms with Crippen LogP contribution in [-0.2, 0) is 18.9 Å². The lowest BCUT2D eigenvalue weighted by molar-refractivity contribution is 0.0103. The van der Waals surface area contributed by atoms with Gasteiger partial charge in [-0.2, -0.15) is 0 Å². The first-order valence-electron chi connectivity index (χ1n) is 7.15. The van der Waals surface area contributed by atoms with Crippen molar-refractivity contribution in [1.29, 1.82) is 0 Å². The van der Waals surface area contributed by atoms with Crippen molar-refractivity contribution in [2.75, 3.05) is 52.9 Å². The molecule has 0 bridgehead atoms. The van der Waals surface area contributed by atoms with Gasteiger partial charge in [-0.05, 0) is 27.7 Å². The van der Waals surface area contributed by atoms with Crippen molar-refractivity contribution in [3.63, 3.8) is 0 Å². The maximum absolute atomic E-state index is 8.31. The first-order chi connectivity index (χ1) is 9.54. The van der Waals surface area contributed by atoms with E-state index in [2.05, 4.69) is 0 Å². The van der Waals surface area contributed by atoms with E-state index in [1.807, 2.05) is 27.7 Å². The Bertz CT molecular complexity index is 146. The van der Waals surface area contributed by atoms with Gasteiger partial charge in [0.05, 0.1) is 65.1 Å². The average Bonchev–Trinajstić information content (AvgIpc) is 2.38. The smallest absolute Gasteiger partial charge is 0.0703 e. The average molecular weight is 296 g/mol. The predicted octanol–water partition coefficient (Wildman–Crippen LogP) is 0.841. The van der Waals surface area contributed by atoms with Crippen molar-refractivity contribution in [2.45, 2.75) is 39.9 Å². The second-order valence-electron chi connectivity index (χ2n) is 4.51. The van der Waals surface area contributed by atoms with Gasteiger partial charge in [0.25, 0.3) is 0 Å². The van der Waals surface area contributed by atoms with Crippen LogP contribution in [0.5, 0.6) is 0 Å². The van der Waals surface area contributed by atoms with Crippen LogP contribution < -0.4 is 0 Å². The lowest BCUT2D eigenvalue weighted by atomic mass is 10.5. The number of hydrogen-bond acceptors (Lipinski definition) is 6. The second kappa shape index (κ2) is 18.8. The van der Waals surface area contributed by atoms with Crippen molar-refractivity contribution >= 4 is 0 Å². The Labute approximate surface area is 123 Å². The second-order valence-corrected chi connectivity index (χ2v) is 4.51. The third-order valence-electron chi connectivity index (χ3n) is 1.83. The summed E-state index contributed by atoms with van der Waals surface area (Å²) in [6.07, 6.45) is 0.524. The number of aliphatic hydroxyl groups is 2. The van der Waals surface area contributed by atoms with Crippen LogP contribution in [0, 0.1) is 0 Å². The predicted molar refractivity (Wildman–Crippen MR) is 78.0 cm³/mol. The van der Waals surface area contributed by atoms with Gasteiger partial charge in [0.1, 0.15) is 0 Å². The summed E-state index contributed by atoms with van der Waals surface area (Å²) in [5, 5.41) is 16.6. The van der Waals surface area contributed by atoms with Crippen LogP contribution in [0.3, 0.4) is 0 Å². The van der Waals surface area contributed by atoms with Crippen LogP contribution in [0.4, 0.5) is 0 Å². The van der Waals surface area contributed by atoms with Crippen molar-refractivity contribution < 1.29 is 29.2 Å². The fourth-order valence-electron chi connectivity index (χ4n) is 1.02. The molecule has 0 aliphatic heterocycles. The maximum atomic E-state index is 8.31. The van der Waals surface area contributed by atoms with Crippen molar-refractivity contribution in [1.82, 2.24) is 0 Å². The zero-order valence-electron chi connectivity index (χ0n) is 13.3. The van der Waals surface area contributed by atoms with Crippen LogP contribution in [0.25, 0.3) is 0 Å². The summed E-state index contributed by atoms with van der Waals surface area (Å²) >= 11 is 0. The minimum Gasteiger partial charge on any atom is -0.394 e. The van der Waals surface area contributed by atoms with Gasteiger partial charge in [0, 0.05) is 0 Å². The molecular weight excluding hydrogens is 264 g/mol. The monoisotopic (exact) mass is 296 g/mol. The molecule has 6 nitrogen and oxygen atoms in total. The van der Waals surface area contributed by atoms with E-state index >= 15 is 0 Å². The molecule has 0 atom stereocenters. The Balaban J connectivity index is 0. The molecule has 2 N–H and O–H groups in total. The third-order valence-corrected chi connectivity index (χ3v) is 1.83. The number of hydrogen-bond donors (Lipinski definition) is 2. The molecule has 0 aromatic carbocycles. The molecule has 0 aliphatic carbocycles. The zero-order chi connectivity index (χ0) is 15.6. The van der Waals surface area contributed by atoms with Gasteiger partial charge in [-0.1, -0.05) is 0 Å². The molecule has 0 spiro atoms. The molecule has 0 unspecified atom stereocenters. The number of aliphatic hydroxyl groups excluding tert-OH is 2. The molecule has 6 heteroatoms. The van der Waals surface area contributed by atoms with Gasteiger partial charge >= 0.3 is 0 Å². The van der Waals surface area contributed by atoms with Gasteiger partial charge < -0.3 is 29.2 Å². The first kappa shape index (κ1) is 22.0. The molecule has 0 saturated carbocycles. The van der Waals surface area contributed by atoms with E-state index in [9.17, 15) is 0 Å². The van der Waals surface area contributed by atoms with Crippen molar-refractivity contribution in [3.8, 4) is 0 Å². The summed E-state index contributed by atoms with van der Waals surface area (Å²) in [5.74, 6) is 0. The fraction of sp³-hybridized carbons (Fsp3) is 1.00. The van der Waals surface area contributed by atoms with Gasteiger partial charge in [-0.25, -0.2) is 0 Å². The van der Waals surface area contributed by atoms with Gasteiger partial charge in [-0.3, -0.25) is 0 Å². The largest absolute Gasteiger partial charge is 0.394 e.